The smallest absolute Gasteiger partial charge is 0.306 e. The molecule has 2 N–H and O–H groups in total. The highest BCUT2D eigenvalue weighted by Crippen LogP contribution is 2.13. The monoisotopic (exact) mass is 264 g/mol. The lowest BCUT2D eigenvalue weighted by Crippen LogP contribution is -2.46. The molecule has 1 aliphatic rings. The number of piperidine rings is 1. The molecule has 1 aliphatic heterocycles. The predicted octanol–water partition coefficient (Wildman–Crippen LogP) is -0.307. The van der Waals surface area contributed by atoms with Gasteiger partial charge in [-0.15, -0.1) is 0 Å². The Morgan fingerprint density at radius 3 is 2.82 bits per heavy atom. The highest BCUT2D eigenvalue weighted by atomic mass is 32.2. The van der Waals surface area contributed by atoms with Crippen molar-refractivity contribution in [2.75, 3.05) is 25.4 Å². The summed E-state index contributed by atoms with van der Waals surface area (Å²) in [5.74, 6) is -0.671. The van der Waals surface area contributed by atoms with Crippen molar-refractivity contribution in [2.45, 2.75) is 32.2 Å². The fourth-order valence-electron chi connectivity index (χ4n) is 1.80. The van der Waals surface area contributed by atoms with Crippen molar-refractivity contribution < 1.29 is 17.9 Å². The maximum absolute atomic E-state index is 11.9. The van der Waals surface area contributed by atoms with Crippen molar-refractivity contribution in [3.63, 3.8) is 0 Å². The molecule has 0 aliphatic carbocycles. The number of nitrogens with two attached hydrogens (primary N) is 1. The standard InChI is InChI=1S/C10H20N2O4S/c1-2-16-10(13)5-7-17(14,15)12-6-3-4-9(11)8-12/h9H,2-8,11H2,1H3/t9-/m1/s1. The van der Waals surface area contributed by atoms with Crippen LogP contribution in [0.2, 0.25) is 0 Å². The number of nitrogens with zero attached hydrogens (tertiary/aromatic N) is 1. The van der Waals surface area contributed by atoms with E-state index in [1.165, 1.54) is 4.31 Å². The Morgan fingerprint density at radius 2 is 2.24 bits per heavy atom. The van der Waals surface area contributed by atoms with Crippen LogP contribution in [-0.2, 0) is 19.6 Å². The molecule has 6 nitrogen and oxygen atoms in total. The molecular formula is C10H20N2O4S. The summed E-state index contributed by atoms with van der Waals surface area (Å²) >= 11 is 0. The lowest BCUT2D eigenvalue weighted by Gasteiger charge is -2.29. The van der Waals surface area contributed by atoms with E-state index in [1.807, 2.05) is 0 Å². The number of hydrogen-bond donors (Lipinski definition) is 1. The van der Waals surface area contributed by atoms with E-state index in [-0.39, 0.29) is 24.8 Å². The second-order valence-electron chi connectivity index (χ2n) is 4.13. The lowest BCUT2D eigenvalue weighted by atomic mass is 10.1. The van der Waals surface area contributed by atoms with Gasteiger partial charge in [-0.1, -0.05) is 0 Å². The molecule has 17 heavy (non-hydrogen) atoms. The first-order valence-electron chi connectivity index (χ1n) is 5.84. The highest BCUT2D eigenvalue weighted by molar-refractivity contribution is 7.89. The van der Waals surface area contributed by atoms with Crippen molar-refractivity contribution in [1.82, 2.24) is 4.31 Å². The molecule has 0 aromatic carbocycles. The minimum Gasteiger partial charge on any atom is -0.466 e. The van der Waals surface area contributed by atoms with E-state index in [0.29, 0.717) is 13.1 Å². The summed E-state index contributed by atoms with van der Waals surface area (Å²) in [5.41, 5.74) is 5.73. The molecule has 1 atom stereocenters. The van der Waals surface area contributed by atoms with Crippen LogP contribution in [0.25, 0.3) is 0 Å². The Balaban J connectivity index is 2.47. The SMILES string of the molecule is CCOC(=O)CCS(=O)(=O)N1CCC[C@@H](N)C1. The van der Waals surface area contributed by atoms with Gasteiger partial charge < -0.3 is 10.5 Å². The maximum Gasteiger partial charge on any atom is 0.306 e. The zero-order valence-corrected chi connectivity index (χ0v) is 10.9. The summed E-state index contributed by atoms with van der Waals surface area (Å²) in [6, 6.07) is -0.0962. The normalized spacial score (nSPS) is 22.4. The molecule has 0 saturated carbocycles. The molecule has 0 spiro atoms. The Hall–Kier alpha value is -0.660. The van der Waals surface area contributed by atoms with Crippen molar-refractivity contribution in [3.8, 4) is 0 Å². The number of hydrogen-bond acceptors (Lipinski definition) is 5. The second kappa shape index (κ2) is 6.32. The van der Waals surface area contributed by atoms with Crippen LogP contribution in [0, 0.1) is 0 Å². The summed E-state index contributed by atoms with van der Waals surface area (Å²) < 4.78 is 29.9. The van der Waals surface area contributed by atoms with Gasteiger partial charge in [0, 0.05) is 19.1 Å². The molecule has 0 radical (unpaired) electrons. The third-order valence-electron chi connectivity index (χ3n) is 2.68. The van der Waals surface area contributed by atoms with Gasteiger partial charge in [-0.05, 0) is 19.8 Å². The summed E-state index contributed by atoms with van der Waals surface area (Å²) in [6.45, 7) is 2.81. The molecule has 100 valence electrons. The van der Waals surface area contributed by atoms with Crippen LogP contribution < -0.4 is 5.73 Å². The van der Waals surface area contributed by atoms with Gasteiger partial charge in [0.25, 0.3) is 0 Å². The average Bonchev–Trinajstić information content (AvgIpc) is 2.27. The fraction of sp³-hybridized carbons (Fsp3) is 0.900. The van der Waals surface area contributed by atoms with E-state index < -0.39 is 16.0 Å². The highest BCUT2D eigenvalue weighted by Gasteiger charge is 2.27. The minimum absolute atomic E-state index is 0.0953. The van der Waals surface area contributed by atoms with E-state index in [1.54, 1.807) is 6.92 Å². The van der Waals surface area contributed by atoms with Crippen LogP contribution in [0.3, 0.4) is 0 Å². The van der Waals surface area contributed by atoms with Crippen LogP contribution in [0.15, 0.2) is 0 Å². The molecule has 1 rings (SSSR count). The van der Waals surface area contributed by atoms with Crippen LogP contribution in [0.4, 0.5) is 0 Å². The zero-order valence-electron chi connectivity index (χ0n) is 10.1. The van der Waals surface area contributed by atoms with Gasteiger partial charge in [0.2, 0.25) is 10.0 Å². The minimum atomic E-state index is -3.38. The fourth-order valence-corrected chi connectivity index (χ4v) is 3.31. The average molecular weight is 264 g/mol. The molecule has 7 heteroatoms. The second-order valence-corrected chi connectivity index (χ2v) is 6.22. The number of carbonyl (C=O) groups excluding carboxylic acids is 1. The third kappa shape index (κ3) is 4.61. The van der Waals surface area contributed by atoms with Gasteiger partial charge >= 0.3 is 5.97 Å². The lowest BCUT2D eigenvalue weighted by molar-refractivity contribution is -0.142. The summed E-state index contributed by atoms with van der Waals surface area (Å²) in [7, 11) is -3.38. The quantitative estimate of drug-likeness (QED) is 0.688. The van der Waals surface area contributed by atoms with Gasteiger partial charge in [0.1, 0.15) is 0 Å². The number of esters is 1. The molecule has 0 unspecified atom stereocenters. The van der Waals surface area contributed by atoms with E-state index in [2.05, 4.69) is 0 Å². The van der Waals surface area contributed by atoms with Gasteiger partial charge in [-0.3, -0.25) is 4.79 Å². The van der Waals surface area contributed by atoms with E-state index in [4.69, 9.17) is 10.5 Å². The Bertz CT molecular complexity index is 355. The summed E-state index contributed by atoms with van der Waals surface area (Å²) in [6.07, 6.45) is 1.53. The van der Waals surface area contributed by atoms with Crippen molar-refractivity contribution in [2.24, 2.45) is 5.73 Å². The molecule has 1 saturated heterocycles. The molecule has 0 aromatic rings. The molecule has 1 heterocycles. The Labute approximate surface area is 102 Å². The number of sulfonamides is 1. The molecular weight excluding hydrogens is 244 g/mol. The van der Waals surface area contributed by atoms with E-state index in [9.17, 15) is 13.2 Å². The maximum atomic E-state index is 11.9. The van der Waals surface area contributed by atoms with Crippen molar-refractivity contribution in [1.29, 1.82) is 0 Å². The molecule has 1 fully saturated rings. The summed E-state index contributed by atoms with van der Waals surface area (Å²) in [5, 5.41) is 0. The molecule has 0 aromatic heterocycles. The summed E-state index contributed by atoms with van der Waals surface area (Å²) in [4.78, 5) is 11.1. The first kappa shape index (κ1) is 14.4. The van der Waals surface area contributed by atoms with Crippen molar-refractivity contribution in [3.05, 3.63) is 0 Å². The first-order chi connectivity index (χ1) is 7.95. The number of rotatable bonds is 5. The Kier molecular flexibility index (Phi) is 5.35. The van der Waals surface area contributed by atoms with Crippen LogP contribution in [0.5, 0.6) is 0 Å². The predicted molar refractivity (Wildman–Crippen MR) is 63.8 cm³/mol. The third-order valence-corrected chi connectivity index (χ3v) is 4.52. The zero-order chi connectivity index (χ0) is 12.9. The van der Waals surface area contributed by atoms with Gasteiger partial charge in [0.15, 0.2) is 0 Å². The first-order valence-corrected chi connectivity index (χ1v) is 7.45. The van der Waals surface area contributed by atoms with Gasteiger partial charge in [-0.2, -0.15) is 0 Å². The topological polar surface area (TPSA) is 89.7 Å². The molecule has 0 amide bonds. The largest absolute Gasteiger partial charge is 0.466 e. The molecule has 0 bridgehead atoms. The van der Waals surface area contributed by atoms with E-state index >= 15 is 0 Å². The van der Waals surface area contributed by atoms with Gasteiger partial charge in [0.05, 0.1) is 18.8 Å². The Morgan fingerprint density at radius 1 is 1.53 bits per heavy atom. The van der Waals surface area contributed by atoms with Crippen LogP contribution in [-0.4, -0.2) is 50.2 Å². The van der Waals surface area contributed by atoms with Crippen LogP contribution in [0.1, 0.15) is 26.2 Å². The number of carbonyl (C=O) groups is 1. The van der Waals surface area contributed by atoms with E-state index in [0.717, 1.165) is 12.8 Å². The van der Waals surface area contributed by atoms with Crippen LogP contribution >= 0.6 is 0 Å². The van der Waals surface area contributed by atoms with Crippen molar-refractivity contribution >= 4 is 16.0 Å². The van der Waals surface area contributed by atoms with Gasteiger partial charge in [-0.25, -0.2) is 12.7 Å². The number of ether oxygens (including phenoxy) is 1.